The number of H-pyrrole nitrogens is 1. The van der Waals surface area contributed by atoms with Gasteiger partial charge in [-0.05, 0) is 42.0 Å². The van der Waals surface area contributed by atoms with Gasteiger partial charge in [-0.1, -0.05) is 35.1 Å². The molecule has 0 saturated carbocycles. The lowest BCUT2D eigenvalue weighted by Crippen LogP contribution is -2.50. The molecule has 0 fully saturated rings. The topological polar surface area (TPSA) is 132 Å². The van der Waals surface area contributed by atoms with E-state index in [1.54, 1.807) is 60.1 Å². The van der Waals surface area contributed by atoms with E-state index in [0.717, 1.165) is 0 Å². The van der Waals surface area contributed by atoms with Gasteiger partial charge in [0.15, 0.2) is 0 Å². The summed E-state index contributed by atoms with van der Waals surface area (Å²) in [5.74, 6) is -0.774. The first-order valence-electron chi connectivity index (χ1n) is 9.51. The number of aromatic amines is 1. The van der Waals surface area contributed by atoms with Crippen LogP contribution in [0.1, 0.15) is 5.56 Å². The first-order chi connectivity index (χ1) is 15.9. The fourth-order valence-electron chi connectivity index (χ4n) is 2.90. The number of benzene rings is 2. The normalized spacial score (nSPS) is 11.5. The molecule has 33 heavy (non-hydrogen) atoms. The third kappa shape index (κ3) is 5.45. The number of carbonyl (C=O) groups is 1. The van der Waals surface area contributed by atoms with Crippen LogP contribution in [-0.4, -0.2) is 30.2 Å². The Morgan fingerprint density at radius 3 is 2.48 bits per heavy atom. The number of carboxylic acids is 1. The van der Waals surface area contributed by atoms with E-state index in [9.17, 15) is 14.4 Å². The monoisotopic (exact) mass is 485 g/mol. The lowest BCUT2D eigenvalue weighted by molar-refractivity contribution is -0.137. The third-order valence-corrected chi connectivity index (χ3v) is 5.32. The Hall–Kier alpha value is -3.96. The second kappa shape index (κ2) is 9.67. The highest BCUT2D eigenvalue weighted by molar-refractivity contribution is 7.11. The van der Waals surface area contributed by atoms with Crippen LogP contribution in [0.3, 0.4) is 0 Å². The summed E-state index contributed by atoms with van der Waals surface area (Å²) in [6.45, 7) is -0.742. The van der Waals surface area contributed by atoms with Crippen LogP contribution in [0.5, 0.6) is 10.9 Å². The second-order valence-electron chi connectivity index (χ2n) is 6.73. The molecule has 4 rings (SSSR count). The smallest absolute Gasteiger partial charge is 0.335 e. The molecular formula is C21H16ClN5O5S. The number of hydrogen-bond acceptors (Lipinski definition) is 7. The van der Waals surface area contributed by atoms with Crippen LogP contribution in [0.4, 0.5) is 5.69 Å². The maximum absolute atomic E-state index is 13.0. The van der Waals surface area contributed by atoms with Crippen LogP contribution in [-0.2, 0) is 17.9 Å². The van der Waals surface area contributed by atoms with Crippen LogP contribution >= 0.6 is 22.9 Å². The fraction of sp³-hybridized carbons (Fsp3) is 0.0952. The molecule has 2 aromatic carbocycles. The zero-order chi connectivity index (χ0) is 23.4. The molecule has 0 amide bonds. The summed E-state index contributed by atoms with van der Waals surface area (Å²) in [5.41, 5.74) is -0.567. The maximum Gasteiger partial charge on any atom is 0.335 e. The average molecular weight is 486 g/mol. The quantitative estimate of drug-likeness (QED) is 0.413. The van der Waals surface area contributed by atoms with Gasteiger partial charge in [-0.15, -0.1) is 0 Å². The van der Waals surface area contributed by atoms with Gasteiger partial charge in [-0.3, -0.25) is 14.3 Å². The first kappa shape index (κ1) is 22.2. The molecule has 0 saturated heterocycles. The molecule has 2 N–H and O–H groups in total. The van der Waals surface area contributed by atoms with Crippen molar-refractivity contribution in [1.82, 2.24) is 19.1 Å². The zero-order valence-electron chi connectivity index (χ0n) is 16.8. The molecule has 0 bridgehead atoms. The van der Waals surface area contributed by atoms with E-state index in [-0.39, 0.29) is 12.2 Å². The van der Waals surface area contributed by atoms with Gasteiger partial charge < -0.3 is 9.84 Å². The summed E-state index contributed by atoms with van der Waals surface area (Å²) in [7, 11) is 0. The highest BCUT2D eigenvalue weighted by atomic mass is 35.5. The highest BCUT2D eigenvalue weighted by Gasteiger charge is 2.12. The van der Waals surface area contributed by atoms with Gasteiger partial charge in [0.05, 0.1) is 12.2 Å². The predicted molar refractivity (Wildman–Crippen MR) is 121 cm³/mol. The fourth-order valence-corrected chi connectivity index (χ4v) is 3.53. The van der Waals surface area contributed by atoms with Gasteiger partial charge in [0.2, 0.25) is 5.62 Å². The van der Waals surface area contributed by atoms with Crippen LogP contribution in [0, 0.1) is 0 Å². The Kier molecular flexibility index (Phi) is 6.52. The molecule has 0 aliphatic carbocycles. The highest BCUT2D eigenvalue weighted by Crippen LogP contribution is 2.25. The minimum Gasteiger partial charge on any atom is -0.480 e. The number of rotatable bonds is 7. The second-order valence-corrected chi connectivity index (χ2v) is 8.03. The molecule has 0 spiro atoms. The van der Waals surface area contributed by atoms with E-state index in [1.165, 1.54) is 15.9 Å². The summed E-state index contributed by atoms with van der Waals surface area (Å²) in [6.07, 6.45) is 1.63. The van der Waals surface area contributed by atoms with Gasteiger partial charge in [0.25, 0.3) is 5.19 Å². The molecule has 0 atom stereocenters. The molecule has 0 radical (unpaired) electrons. The third-order valence-electron chi connectivity index (χ3n) is 4.42. The average Bonchev–Trinajstić information content (AvgIpc) is 3.29. The van der Waals surface area contributed by atoms with Gasteiger partial charge in [0.1, 0.15) is 12.3 Å². The van der Waals surface area contributed by atoms with Crippen LogP contribution < -0.4 is 21.7 Å². The number of carboxylic acid groups (broad SMARTS) is 1. The van der Waals surface area contributed by atoms with Crippen molar-refractivity contribution in [3.05, 3.63) is 97.3 Å². The van der Waals surface area contributed by atoms with E-state index in [0.29, 0.717) is 31.8 Å². The Balaban J connectivity index is 1.76. The largest absolute Gasteiger partial charge is 0.480 e. The number of aliphatic carboxylic acids is 1. The molecule has 0 aliphatic heterocycles. The Morgan fingerprint density at radius 2 is 1.85 bits per heavy atom. The summed E-state index contributed by atoms with van der Waals surface area (Å²) in [5, 5.41) is 11.9. The predicted octanol–water partition coefficient (Wildman–Crippen LogP) is 2.61. The van der Waals surface area contributed by atoms with Crippen molar-refractivity contribution in [2.75, 3.05) is 0 Å². The van der Waals surface area contributed by atoms with E-state index < -0.39 is 23.9 Å². The summed E-state index contributed by atoms with van der Waals surface area (Å²) < 4.78 is 7.40. The SMILES string of the molecule is O=C(O)Cn1c(=O)[nH]/c(=N\c2ccc(Oc3nccs3)cc2)n(Cc2ccc(Cl)cc2)c1=O. The number of aromatic nitrogens is 4. The Bertz CT molecular complexity index is 1460. The van der Waals surface area contributed by atoms with E-state index in [2.05, 4.69) is 15.0 Å². The Labute approximate surface area is 194 Å². The molecular weight excluding hydrogens is 470 g/mol. The van der Waals surface area contributed by atoms with Crippen molar-refractivity contribution >= 4 is 34.6 Å². The van der Waals surface area contributed by atoms with Crippen molar-refractivity contribution in [3.63, 3.8) is 0 Å². The minimum atomic E-state index is -1.32. The molecule has 2 heterocycles. The zero-order valence-corrected chi connectivity index (χ0v) is 18.4. The number of thiazole rings is 1. The lowest BCUT2D eigenvalue weighted by atomic mass is 10.2. The van der Waals surface area contributed by atoms with Gasteiger partial charge >= 0.3 is 17.3 Å². The van der Waals surface area contributed by atoms with Crippen molar-refractivity contribution in [2.24, 2.45) is 4.99 Å². The van der Waals surface area contributed by atoms with Gasteiger partial charge in [-0.25, -0.2) is 24.1 Å². The molecule has 10 nitrogen and oxygen atoms in total. The molecule has 168 valence electrons. The summed E-state index contributed by atoms with van der Waals surface area (Å²) in [4.78, 5) is 47.4. The molecule has 0 unspecified atom stereocenters. The first-order valence-corrected chi connectivity index (χ1v) is 10.8. The van der Waals surface area contributed by atoms with Crippen LogP contribution in [0.25, 0.3) is 0 Å². The van der Waals surface area contributed by atoms with Gasteiger partial charge in [0, 0.05) is 16.6 Å². The van der Waals surface area contributed by atoms with Crippen molar-refractivity contribution in [3.8, 4) is 10.9 Å². The molecule has 2 aromatic heterocycles. The molecule has 4 aromatic rings. The number of nitrogens with one attached hydrogen (secondary N) is 1. The summed E-state index contributed by atoms with van der Waals surface area (Å²) in [6, 6.07) is 13.4. The summed E-state index contributed by atoms with van der Waals surface area (Å²) >= 11 is 7.28. The number of ether oxygens (including phenoxy) is 1. The van der Waals surface area contributed by atoms with Crippen molar-refractivity contribution < 1.29 is 14.6 Å². The number of nitrogens with zero attached hydrogens (tertiary/aromatic N) is 4. The standard InChI is InChI=1S/C21H16ClN5O5S/c22-14-3-1-13(2-4-14)11-26-18(25-19(30)27(21(26)31)12-17(28)29)24-15-5-7-16(8-6-15)32-20-23-9-10-33-20/h1-10H,11-12H2,(H,28,29)(H,24,25,30). The maximum atomic E-state index is 13.0. The lowest BCUT2D eigenvalue weighted by Gasteiger charge is -2.10. The van der Waals surface area contributed by atoms with Crippen molar-refractivity contribution in [1.29, 1.82) is 0 Å². The van der Waals surface area contributed by atoms with Crippen molar-refractivity contribution in [2.45, 2.75) is 13.1 Å². The van der Waals surface area contributed by atoms with E-state index >= 15 is 0 Å². The van der Waals surface area contributed by atoms with Gasteiger partial charge in [-0.2, -0.15) is 0 Å². The van der Waals surface area contributed by atoms with Crippen LogP contribution in [0.2, 0.25) is 5.02 Å². The molecule has 12 heteroatoms. The molecule has 0 aliphatic rings. The Morgan fingerprint density at radius 1 is 1.12 bits per heavy atom. The van der Waals surface area contributed by atoms with E-state index in [4.69, 9.17) is 21.4 Å². The van der Waals surface area contributed by atoms with E-state index in [1.807, 2.05) is 0 Å². The minimum absolute atomic E-state index is 0.0322. The van der Waals surface area contributed by atoms with Crippen LogP contribution in [0.15, 0.2) is 74.7 Å². The number of halogens is 1. The number of hydrogen-bond donors (Lipinski definition) is 2.